The van der Waals surface area contributed by atoms with Gasteiger partial charge in [0.05, 0.1) is 6.61 Å². The smallest absolute Gasteiger partial charge is 0.253 e. The fraction of sp³-hybridized carbons (Fsp3) is 0.533. The van der Waals surface area contributed by atoms with E-state index in [1.165, 1.54) is 0 Å². The Morgan fingerprint density at radius 3 is 2.25 bits per heavy atom. The first-order chi connectivity index (χ1) is 9.72. The van der Waals surface area contributed by atoms with Gasteiger partial charge in [0.2, 0.25) is 0 Å². The summed E-state index contributed by atoms with van der Waals surface area (Å²) in [6.45, 7) is 3.82. The van der Waals surface area contributed by atoms with Gasteiger partial charge in [-0.25, -0.2) is 0 Å². The average Bonchev–Trinajstić information content (AvgIpc) is 2.47. The lowest BCUT2D eigenvalue weighted by molar-refractivity contribution is 0.0775. The van der Waals surface area contributed by atoms with Gasteiger partial charge in [-0.05, 0) is 30.7 Å². The Kier molecular flexibility index (Phi) is 8.47. The molecule has 0 heterocycles. The highest BCUT2D eigenvalue weighted by molar-refractivity contribution is 6.18. The molecule has 5 heteroatoms. The van der Waals surface area contributed by atoms with Crippen molar-refractivity contribution < 1.29 is 9.53 Å². The predicted octanol–water partition coefficient (Wildman–Crippen LogP) is 3.79. The highest BCUT2D eigenvalue weighted by atomic mass is 35.5. The van der Waals surface area contributed by atoms with E-state index in [0.29, 0.717) is 37.0 Å². The summed E-state index contributed by atoms with van der Waals surface area (Å²) in [5, 5.41) is 0. The Bertz CT molecular complexity index is 389. The molecule has 0 aromatic heterocycles. The third-order valence-electron chi connectivity index (χ3n) is 2.86. The number of alkyl halides is 2. The molecule has 0 atom stereocenters. The number of halogens is 2. The van der Waals surface area contributed by atoms with E-state index in [1.54, 1.807) is 17.0 Å². The van der Waals surface area contributed by atoms with Crippen LogP contribution in [0.2, 0.25) is 0 Å². The van der Waals surface area contributed by atoms with Crippen molar-refractivity contribution in [3.8, 4) is 5.75 Å². The molecule has 0 aliphatic heterocycles. The maximum Gasteiger partial charge on any atom is 0.253 e. The molecule has 0 aliphatic rings. The lowest BCUT2D eigenvalue weighted by atomic mass is 10.2. The molecule has 112 valence electrons. The Hall–Kier alpha value is -0.930. The standard InChI is InChI=1S/C15H21Cl2NO2/c1-2-3-12-20-14-6-4-13(5-7-14)15(19)18(10-8-16)11-9-17/h4-7H,2-3,8-12H2,1H3. The van der Waals surface area contributed by atoms with Crippen molar-refractivity contribution in [3.05, 3.63) is 29.8 Å². The maximum absolute atomic E-state index is 12.3. The fourth-order valence-corrected chi connectivity index (χ4v) is 2.14. The zero-order valence-corrected chi connectivity index (χ0v) is 13.3. The number of hydrogen-bond acceptors (Lipinski definition) is 2. The molecule has 1 rings (SSSR count). The molecule has 0 saturated heterocycles. The molecule has 20 heavy (non-hydrogen) atoms. The van der Waals surface area contributed by atoms with Gasteiger partial charge in [0.25, 0.3) is 5.91 Å². The second kappa shape index (κ2) is 9.89. The van der Waals surface area contributed by atoms with Gasteiger partial charge < -0.3 is 9.64 Å². The van der Waals surface area contributed by atoms with Crippen LogP contribution < -0.4 is 4.74 Å². The molecule has 0 bridgehead atoms. The second-order valence-corrected chi connectivity index (χ2v) is 5.15. The number of amides is 1. The van der Waals surface area contributed by atoms with Crippen molar-refractivity contribution >= 4 is 29.1 Å². The Labute approximate surface area is 130 Å². The Balaban J connectivity index is 2.63. The van der Waals surface area contributed by atoms with E-state index in [0.717, 1.165) is 18.6 Å². The molecule has 0 unspecified atom stereocenters. The number of ether oxygens (including phenoxy) is 1. The first kappa shape index (κ1) is 17.1. The first-order valence-electron chi connectivity index (χ1n) is 6.87. The fourth-order valence-electron chi connectivity index (χ4n) is 1.73. The summed E-state index contributed by atoms with van der Waals surface area (Å²) in [5.74, 6) is 1.55. The van der Waals surface area contributed by atoms with Crippen LogP contribution in [0.1, 0.15) is 30.1 Å². The number of hydrogen-bond donors (Lipinski definition) is 0. The van der Waals surface area contributed by atoms with Crippen LogP contribution in [-0.4, -0.2) is 42.3 Å². The third kappa shape index (κ3) is 5.59. The quantitative estimate of drug-likeness (QED) is 0.512. The highest BCUT2D eigenvalue weighted by Crippen LogP contribution is 2.14. The van der Waals surface area contributed by atoms with Crippen LogP contribution in [-0.2, 0) is 0 Å². The van der Waals surface area contributed by atoms with Gasteiger partial charge in [0.15, 0.2) is 0 Å². The molecular formula is C15H21Cl2NO2. The molecule has 0 aliphatic carbocycles. The van der Waals surface area contributed by atoms with E-state index in [4.69, 9.17) is 27.9 Å². The summed E-state index contributed by atoms with van der Waals surface area (Å²) in [6, 6.07) is 7.20. The molecule has 1 amide bonds. The van der Waals surface area contributed by atoms with Crippen molar-refractivity contribution in [2.45, 2.75) is 19.8 Å². The lowest BCUT2D eigenvalue weighted by Crippen LogP contribution is -2.34. The van der Waals surface area contributed by atoms with E-state index in [9.17, 15) is 4.79 Å². The predicted molar refractivity (Wildman–Crippen MR) is 84.2 cm³/mol. The van der Waals surface area contributed by atoms with E-state index in [2.05, 4.69) is 6.92 Å². The number of unbranched alkanes of at least 4 members (excludes halogenated alkanes) is 1. The van der Waals surface area contributed by atoms with Crippen LogP contribution in [0, 0.1) is 0 Å². The van der Waals surface area contributed by atoms with Crippen LogP contribution in [0.15, 0.2) is 24.3 Å². The molecule has 1 aromatic carbocycles. The molecule has 0 radical (unpaired) electrons. The van der Waals surface area contributed by atoms with Crippen LogP contribution in [0.5, 0.6) is 5.75 Å². The highest BCUT2D eigenvalue weighted by Gasteiger charge is 2.14. The minimum absolute atomic E-state index is 0.0496. The number of carbonyl (C=O) groups is 1. The van der Waals surface area contributed by atoms with Gasteiger partial charge in [-0.2, -0.15) is 0 Å². The summed E-state index contributed by atoms with van der Waals surface area (Å²) in [4.78, 5) is 13.9. The normalized spacial score (nSPS) is 10.3. The van der Waals surface area contributed by atoms with Gasteiger partial charge in [-0.15, -0.1) is 23.2 Å². The van der Waals surface area contributed by atoms with Gasteiger partial charge in [-0.3, -0.25) is 4.79 Å². The zero-order chi connectivity index (χ0) is 14.8. The van der Waals surface area contributed by atoms with Crippen molar-refractivity contribution in [3.63, 3.8) is 0 Å². The zero-order valence-electron chi connectivity index (χ0n) is 11.8. The molecule has 0 saturated carbocycles. The van der Waals surface area contributed by atoms with E-state index in [-0.39, 0.29) is 5.91 Å². The van der Waals surface area contributed by atoms with E-state index in [1.807, 2.05) is 12.1 Å². The Morgan fingerprint density at radius 1 is 1.15 bits per heavy atom. The largest absolute Gasteiger partial charge is 0.494 e. The van der Waals surface area contributed by atoms with Gasteiger partial charge in [0, 0.05) is 30.4 Å². The molecule has 0 N–H and O–H groups in total. The monoisotopic (exact) mass is 317 g/mol. The second-order valence-electron chi connectivity index (χ2n) is 4.40. The molecular weight excluding hydrogens is 297 g/mol. The van der Waals surface area contributed by atoms with Gasteiger partial charge >= 0.3 is 0 Å². The summed E-state index contributed by atoms with van der Waals surface area (Å²) >= 11 is 11.4. The summed E-state index contributed by atoms with van der Waals surface area (Å²) < 4.78 is 5.57. The lowest BCUT2D eigenvalue weighted by Gasteiger charge is -2.20. The summed E-state index contributed by atoms with van der Waals surface area (Å²) in [5.41, 5.74) is 0.628. The van der Waals surface area contributed by atoms with Crippen LogP contribution in [0.25, 0.3) is 0 Å². The summed E-state index contributed by atoms with van der Waals surface area (Å²) in [7, 11) is 0. The molecule has 1 aromatic rings. The number of nitrogens with zero attached hydrogens (tertiary/aromatic N) is 1. The third-order valence-corrected chi connectivity index (χ3v) is 3.20. The number of carbonyl (C=O) groups excluding carboxylic acids is 1. The van der Waals surface area contributed by atoms with E-state index >= 15 is 0 Å². The molecule has 0 fully saturated rings. The number of rotatable bonds is 9. The van der Waals surface area contributed by atoms with Crippen molar-refractivity contribution in [1.29, 1.82) is 0 Å². The minimum Gasteiger partial charge on any atom is -0.494 e. The SMILES string of the molecule is CCCCOc1ccc(C(=O)N(CCCl)CCCl)cc1. The van der Waals surface area contributed by atoms with Crippen molar-refractivity contribution in [2.24, 2.45) is 0 Å². The number of benzene rings is 1. The van der Waals surface area contributed by atoms with Crippen molar-refractivity contribution in [1.82, 2.24) is 4.90 Å². The molecule has 3 nitrogen and oxygen atoms in total. The first-order valence-corrected chi connectivity index (χ1v) is 7.94. The topological polar surface area (TPSA) is 29.5 Å². The average molecular weight is 318 g/mol. The van der Waals surface area contributed by atoms with Crippen LogP contribution in [0.4, 0.5) is 0 Å². The van der Waals surface area contributed by atoms with Crippen molar-refractivity contribution in [2.75, 3.05) is 31.5 Å². The maximum atomic E-state index is 12.3. The summed E-state index contributed by atoms with van der Waals surface area (Å²) in [6.07, 6.45) is 2.13. The minimum atomic E-state index is -0.0496. The van der Waals surface area contributed by atoms with Gasteiger partial charge in [-0.1, -0.05) is 13.3 Å². The van der Waals surface area contributed by atoms with E-state index < -0.39 is 0 Å². The van der Waals surface area contributed by atoms with Gasteiger partial charge in [0.1, 0.15) is 5.75 Å². The Morgan fingerprint density at radius 2 is 1.75 bits per heavy atom. The van der Waals surface area contributed by atoms with Crippen LogP contribution >= 0.6 is 23.2 Å². The molecule has 0 spiro atoms. The van der Waals surface area contributed by atoms with Crippen LogP contribution in [0.3, 0.4) is 0 Å².